The number of benzene rings is 1. The lowest BCUT2D eigenvalue weighted by molar-refractivity contribution is -0.147. The molecule has 1 aromatic carbocycles. The van der Waals surface area contributed by atoms with E-state index in [-0.39, 0.29) is 18.2 Å². The molecule has 1 heterocycles. The van der Waals surface area contributed by atoms with Crippen molar-refractivity contribution in [2.75, 3.05) is 19.7 Å². The van der Waals surface area contributed by atoms with Gasteiger partial charge in [0.1, 0.15) is 0 Å². The molecule has 1 amide bonds. The number of carbonyl (C=O) groups excluding carboxylic acids is 1. The average Bonchev–Trinajstić information content (AvgIpc) is 2.47. The zero-order valence-electron chi connectivity index (χ0n) is 13.1. The first-order chi connectivity index (χ1) is 10.5. The summed E-state index contributed by atoms with van der Waals surface area (Å²) in [6, 6.07) is 8.08. The number of rotatable bonds is 5. The monoisotopic (exact) mass is 305 g/mol. The molecule has 2 atom stereocenters. The minimum absolute atomic E-state index is 0.0584. The van der Waals surface area contributed by atoms with Crippen LogP contribution in [0.5, 0.6) is 0 Å². The fourth-order valence-electron chi connectivity index (χ4n) is 2.90. The van der Waals surface area contributed by atoms with Crippen LogP contribution in [0.4, 0.5) is 0 Å². The molecule has 1 N–H and O–H groups in total. The van der Waals surface area contributed by atoms with Crippen LogP contribution in [0, 0.1) is 6.92 Å². The molecule has 5 heteroatoms. The molecular weight excluding hydrogens is 282 g/mol. The number of aliphatic carboxylic acids is 1. The minimum Gasteiger partial charge on any atom is -0.481 e. The van der Waals surface area contributed by atoms with E-state index in [1.54, 1.807) is 4.90 Å². The molecule has 1 aliphatic rings. The van der Waals surface area contributed by atoms with Crippen LogP contribution in [0.2, 0.25) is 0 Å². The van der Waals surface area contributed by atoms with Gasteiger partial charge in [-0.15, -0.1) is 0 Å². The van der Waals surface area contributed by atoms with Gasteiger partial charge in [-0.25, -0.2) is 0 Å². The van der Waals surface area contributed by atoms with Crippen LogP contribution in [0.3, 0.4) is 0 Å². The quantitative estimate of drug-likeness (QED) is 0.905. The molecule has 0 bridgehead atoms. The summed E-state index contributed by atoms with van der Waals surface area (Å²) in [4.78, 5) is 24.9. The highest BCUT2D eigenvalue weighted by Crippen LogP contribution is 2.23. The SMILES string of the molecule is Cc1ccccc1C(C)CC(=O)N1CCOC(CC(=O)O)C1. The summed E-state index contributed by atoms with van der Waals surface area (Å²) in [7, 11) is 0. The van der Waals surface area contributed by atoms with E-state index in [4.69, 9.17) is 9.84 Å². The third kappa shape index (κ3) is 4.31. The molecule has 1 fully saturated rings. The number of nitrogens with zero attached hydrogens (tertiary/aromatic N) is 1. The maximum Gasteiger partial charge on any atom is 0.306 e. The molecule has 2 rings (SSSR count). The van der Waals surface area contributed by atoms with Crippen LogP contribution >= 0.6 is 0 Å². The first-order valence-corrected chi connectivity index (χ1v) is 7.64. The predicted octanol–water partition coefficient (Wildman–Crippen LogP) is 2.19. The summed E-state index contributed by atoms with van der Waals surface area (Å²) in [5, 5.41) is 8.83. The third-order valence-corrected chi connectivity index (χ3v) is 4.09. The Kier molecular flexibility index (Phi) is 5.55. The first kappa shape index (κ1) is 16.5. The van der Waals surface area contributed by atoms with Gasteiger partial charge in [-0.3, -0.25) is 9.59 Å². The van der Waals surface area contributed by atoms with Gasteiger partial charge in [0.25, 0.3) is 0 Å². The van der Waals surface area contributed by atoms with Gasteiger partial charge in [0, 0.05) is 19.5 Å². The summed E-state index contributed by atoms with van der Waals surface area (Å²) in [6.07, 6.45) is -0.0223. The Balaban J connectivity index is 1.94. The van der Waals surface area contributed by atoms with Gasteiger partial charge in [-0.1, -0.05) is 31.2 Å². The Morgan fingerprint density at radius 2 is 2.14 bits per heavy atom. The number of morpholine rings is 1. The topological polar surface area (TPSA) is 66.8 Å². The number of carbonyl (C=O) groups is 2. The van der Waals surface area contributed by atoms with Gasteiger partial charge < -0.3 is 14.7 Å². The normalized spacial score (nSPS) is 19.7. The number of aryl methyl sites for hydroxylation is 1. The molecule has 1 aliphatic heterocycles. The van der Waals surface area contributed by atoms with Crippen molar-refractivity contribution in [3.8, 4) is 0 Å². The van der Waals surface area contributed by atoms with Gasteiger partial charge in [-0.05, 0) is 24.0 Å². The average molecular weight is 305 g/mol. The highest BCUT2D eigenvalue weighted by atomic mass is 16.5. The molecule has 0 aliphatic carbocycles. The number of amides is 1. The lowest BCUT2D eigenvalue weighted by Crippen LogP contribution is -2.46. The van der Waals surface area contributed by atoms with Crippen molar-refractivity contribution in [2.24, 2.45) is 0 Å². The van der Waals surface area contributed by atoms with E-state index in [2.05, 4.69) is 13.0 Å². The van der Waals surface area contributed by atoms with Crippen molar-refractivity contribution in [3.63, 3.8) is 0 Å². The van der Waals surface area contributed by atoms with Crippen molar-refractivity contribution in [3.05, 3.63) is 35.4 Å². The second-order valence-corrected chi connectivity index (χ2v) is 5.89. The highest BCUT2D eigenvalue weighted by molar-refractivity contribution is 5.77. The zero-order chi connectivity index (χ0) is 16.1. The molecule has 1 aromatic rings. The number of ether oxygens (including phenoxy) is 1. The van der Waals surface area contributed by atoms with Crippen molar-refractivity contribution in [1.29, 1.82) is 0 Å². The van der Waals surface area contributed by atoms with Crippen LogP contribution in [-0.4, -0.2) is 47.7 Å². The van der Waals surface area contributed by atoms with Gasteiger partial charge in [0.05, 0.1) is 19.1 Å². The Morgan fingerprint density at radius 3 is 2.82 bits per heavy atom. The molecule has 0 radical (unpaired) electrons. The van der Waals surface area contributed by atoms with Crippen molar-refractivity contribution in [1.82, 2.24) is 4.90 Å². The number of hydrogen-bond acceptors (Lipinski definition) is 3. The lowest BCUT2D eigenvalue weighted by Gasteiger charge is -2.33. The maximum atomic E-state index is 12.4. The summed E-state index contributed by atoms with van der Waals surface area (Å²) in [5.41, 5.74) is 2.37. The van der Waals surface area contributed by atoms with E-state index in [0.29, 0.717) is 26.1 Å². The number of carboxylic acids is 1. The van der Waals surface area contributed by atoms with Crippen LogP contribution in [-0.2, 0) is 14.3 Å². The summed E-state index contributed by atoms with van der Waals surface area (Å²) >= 11 is 0. The predicted molar refractivity (Wildman–Crippen MR) is 82.8 cm³/mol. The third-order valence-electron chi connectivity index (χ3n) is 4.09. The summed E-state index contributed by atoms with van der Waals surface area (Å²) in [6.45, 7) is 5.41. The van der Waals surface area contributed by atoms with E-state index in [9.17, 15) is 9.59 Å². The van der Waals surface area contributed by atoms with Crippen molar-refractivity contribution in [2.45, 2.75) is 38.7 Å². The number of hydrogen-bond donors (Lipinski definition) is 1. The van der Waals surface area contributed by atoms with Crippen LogP contribution in [0.15, 0.2) is 24.3 Å². The van der Waals surface area contributed by atoms with Gasteiger partial charge in [0.2, 0.25) is 5.91 Å². The molecule has 2 unspecified atom stereocenters. The Labute approximate surface area is 130 Å². The van der Waals surface area contributed by atoms with E-state index in [0.717, 1.165) is 0 Å². The molecule has 120 valence electrons. The second kappa shape index (κ2) is 7.40. The summed E-state index contributed by atoms with van der Waals surface area (Å²) < 4.78 is 5.40. The largest absolute Gasteiger partial charge is 0.481 e. The molecule has 1 saturated heterocycles. The molecule has 0 spiro atoms. The fraction of sp³-hybridized carbons (Fsp3) is 0.529. The number of carboxylic acid groups (broad SMARTS) is 1. The maximum absolute atomic E-state index is 12.4. The zero-order valence-corrected chi connectivity index (χ0v) is 13.1. The molecule has 0 aromatic heterocycles. The van der Waals surface area contributed by atoms with E-state index < -0.39 is 12.1 Å². The molecule has 0 saturated carbocycles. The minimum atomic E-state index is -0.896. The fourth-order valence-corrected chi connectivity index (χ4v) is 2.90. The molecule has 22 heavy (non-hydrogen) atoms. The van der Waals surface area contributed by atoms with E-state index in [1.165, 1.54) is 11.1 Å². The standard InChI is InChI=1S/C17H23NO4/c1-12-5-3-4-6-15(12)13(2)9-16(19)18-7-8-22-14(11-18)10-17(20)21/h3-6,13-14H,7-11H2,1-2H3,(H,20,21). The van der Waals surface area contributed by atoms with Gasteiger partial charge in [0.15, 0.2) is 0 Å². The van der Waals surface area contributed by atoms with Crippen LogP contribution < -0.4 is 0 Å². The molecular formula is C17H23NO4. The molecule has 5 nitrogen and oxygen atoms in total. The van der Waals surface area contributed by atoms with Gasteiger partial charge in [-0.2, -0.15) is 0 Å². The Morgan fingerprint density at radius 1 is 1.41 bits per heavy atom. The van der Waals surface area contributed by atoms with Crippen LogP contribution in [0.25, 0.3) is 0 Å². The van der Waals surface area contributed by atoms with Crippen molar-refractivity contribution < 1.29 is 19.4 Å². The van der Waals surface area contributed by atoms with Crippen molar-refractivity contribution >= 4 is 11.9 Å². The Hall–Kier alpha value is -1.88. The Bertz CT molecular complexity index is 543. The summed E-state index contributed by atoms with van der Waals surface area (Å²) in [5.74, 6) is -0.684. The van der Waals surface area contributed by atoms with E-state index >= 15 is 0 Å². The second-order valence-electron chi connectivity index (χ2n) is 5.89. The highest BCUT2D eigenvalue weighted by Gasteiger charge is 2.27. The van der Waals surface area contributed by atoms with E-state index in [1.807, 2.05) is 25.1 Å². The van der Waals surface area contributed by atoms with Gasteiger partial charge >= 0.3 is 5.97 Å². The smallest absolute Gasteiger partial charge is 0.306 e. The first-order valence-electron chi connectivity index (χ1n) is 7.64. The lowest BCUT2D eigenvalue weighted by atomic mass is 9.93. The van der Waals surface area contributed by atoms with Crippen LogP contribution in [0.1, 0.15) is 36.8 Å².